The molecule has 0 radical (unpaired) electrons. The van der Waals surface area contributed by atoms with Gasteiger partial charge in [0.05, 0.1) is 11.3 Å². The van der Waals surface area contributed by atoms with Crippen LogP contribution in [0.25, 0.3) is 11.3 Å². The van der Waals surface area contributed by atoms with Crippen LogP contribution in [0.5, 0.6) is 0 Å². The molecule has 0 aliphatic heterocycles. The van der Waals surface area contributed by atoms with E-state index in [0.29, 0.717) is 24.5 Å². The summed E-state index contributed by atoms with van der Waals surface area (Å²) in [4.78, 5) is 28.3. The summed E-state index contributed by atoms with van der Waals surface area (Å²) in [6.07, 6.45) is 5.96. The van der Waals surface area contributed by atoms with Gasteiger partial charge in [0.15, 0.2) is 0 Å². The van der Waals surface area contributed by atoms with Crippen molar-refractivity contribution in [2.75, 3.05) is 30.9 Å². The fourth-order valence-electron chi connectivity index (χ4n) is 3.50. The maximum Gasteiger partial charge on any atom is 0.255 e. The molecule has 0 fully saturated rings. The zero-order valence-electron chi connectivity index (χ0n) is 19.4. The molecule has 172 valence electrons. The Labute approximate surface area is 199 Å². The maximum atomic E-state index is 13.0. The number of anilines is 2. The molecule has 0 aliphatic carbocycles. The number of hydrogen-bond donors (Lipinski definition) is 2. The second kappa shape index (κ2) is 11.0. The van der Waals surface area contributed by atoms with Crippen LogP contribution in [-0.2, 0) is 13.0 Å². The van der Waals surface area contributed by atoms with E-state index in [-0.39, 0.29) is 5.91 Å². The highest BCUT2D eigenvalue weighted by Crippen LogP contribution is 2.24. The van der Waals surface area contributed by atoms with Gasteiger partial charge in [0.2, 0.25) is 0 Å². The predicted octanol–water partition coefficient (Wildman–Crippen LogP) is 4.19. The summed E-state index contributed by atoms with van der Waals surface area (Å²) in [5, 5.41) is 6.31. The van der Waals surface area contributed by atoms with E-state index in [1.54, 1.807) is 18.6 Å². The topological polar surface area (TPSA) is 83.0 Å². The second-order valence-corrected chi connectivity index (χ2v) is 8.08. The van der Waals surface area contributed by atoms with E-state index in [1.807, 2.05) is 68.7 Å². The van der Waals surface area contributed by atoms with Crippen molar-refractivity contribution in [2.24, 2.45) is 0 Å². The molecule has 3 heterocycles. The van der Waals surface area contributed by atoms with Crippen molar-refractivity contribution >= 4 is 17.4 Å². The van der Waals surface area contributed by atoms with Gasteiger partial charge in [0.1, 0.15) is 5.82 Å². The smallest absolute Gasteiger partial charge is 0.255 e. The van der Waals surface area contributed by atoms with Gasteiger partial charge in [0, 0.05) is 69.1 Å². The molecule has 3 aromatic heterocycles. The monoisotopic (exact) mass is 452 g/mol. The van der Waals surface area contributed by atoms with Crippen molar-refractivity contribution in [2.45, 2.75) is 13.0 Å². The minimum absolute atomic E-state index is 0.189. The lowest BCUT2D eigenvalue weighted by Gasteiger charge is -2.15. The third kappa shape index (κ3) is 5.95. The van der Waals surface area contributed by atoms with Gasteiger partial charge in [-0.3, -0.25) is 14.8 Å². The quantitative estimate of drug-likeness (QED) is 0.396. The summed E-state index contributed by atoms with van der Waals surface area (Å²) in [6.45, 7) is 1.00. The van der Waals surface area contributed by atoms with Crippen molar-refractivity contribution in [1.82, 2.24) is 20.3 Å². The molecule has 0 unspecified atom stereocenters. The maximum absolute atomic E-state index is 13.0. The third-order valence-corrected chi connectivity index (χ3v) is 5.39. The van der Waals surface area contributed by atoms with E-state index in [9.17, 15) is 4.79 Å². The van der Waals surface area contributed by atoms with Crippen LogP contribution in [0, 0.1) is 0 Å². The molecule has 4 aromatic rings. The van der Waals surface area contributed by atoms with Gasteiger partial charge >= 0.3 is 0 Å². The molecule has 34 heavy (non-hydrogen) atoms. The molecule has 0 atom stereocenters. The summed E-state index contributed by atoms with van der Waals surface area (Å²) in [6, 6.07) is 21.5. The zero-order valence-corrected chi connectivity index (χ0v) is 19.4. The minimum Gasteiger partial charge on any atom is -0.378 e. The second-order valence-electron chi connectivity index (χ2n) is 8.08. The van der Waals surface area contributed by atoms with Crippen molar-refractivity contribution < 1.29 is 4.79 Å². The lowest BCUT2D eigenvalue weighted by Crippen LogP contribution is -2.25. The Morgan fingerprint density at radius 2 is 1.79 bits per heavy atom. The van der Waals surface area contributed by atoms with Gasteiger partial charge in [-0.15, -0.1) is 0 Å². The number of pyridine rings is 3. The molecule has 2 N–H and O–H groups in total. The number of rotatable bonds is 9. The fourth-order valence-corrected chi connectivity index (χ4v) is 3.50. The van der Waals surface area contributed by atoms with Crippen molar-refractivity contribution in [1.29, 1.82) is 0 Å². The van der Waals surface area contributed by atoms with E-state index in [4.69, 9.17) is 4.98 Å². The minimum atomic E-state index is -0.189. The largest absolute Gasteiger partial charge is 0.378 e. The van der Waals surface area contributed by atoms with E-state index < -0.39 is 0 Å². The predicted molar refractivity (Wildman–Crippen MR) is 136 cm³/mol. The molecule has 0 bridgehead atoms. The third-order valence-electron chi connectivity index (χ3n) is 5.39. The van der Waals surface area contributed by atoms with Crippen LogP contribution in [0.2, 0.25) is 0 Å². The fraction of sp³-hybridized carbons (Fsp3) is 0.185. The molecule has 1 amide bonds. The molecule has 0 saturated carbocycles. The molecule has 7 nitrogen and oxygen atoms in total. The Morgan fingerprint density at radius 3 is 2.50 bits per heavy atom. The Bertz CT molecular complexity index is 1210. The number of carbonyl (C=O) groups is 1. The molecule has 0 saturated heterocycles. The summed E-state index contributed by atoms with van der Waals surface area (Å²) >= 11 is 0. The van der Waals surface area contributed by atoms with Crippen LogP contribution in [0.15, 0.2) is 85.3 Å². The lowest BCUT2D eigenvalue weighted by molar-refractivity contribution is 0.0951. The molecular formula is C27H28N6O. The van der Waals surface area contributed by atoms with Gasteiger partial charge in [0.25, 0.3) is 5.91 Å². The van der Waals surface area contributed by atoms with Crippen LogP contribution in [0.4, 0.5) is 11.5 Å². The van der Waals surface area contributed by atoms with Crippen LogP contribution in [0.1, 0.15) is 21.6 Å². The highest BCUT2D eigenvalue weighted by Gasteiger charge is 2.15. The van der Waals surface area contributed by atoms with Crippen molar-refractivity contribution in [3.8, 4) is 11.3 Å². The highest BCUT2D eigenvalue weighted by atomic mass is 16.1. The number of nitrogens with zero attached hydrogens (tertiary/aromatic N) is 4. The molecule has 0 spiro atoms. The normalized spacial score (nSPS) is 10.5. The van der Waals surface area contributed by atoms with Crippen LogP contribution in [-0.4, -0.2) is 41.5 Å². The first-order valence-corrected chi connectivity index (χ1v) is 11.2. The number of hydrogen-bond acceptors (Lipinski definition) is 6. The number of nitrogens with one attached hydrogen (secondary N) is 2. The molecule has 0 aliphatic rings. The van der Waals surface area contributed by atoms with E-state index in [2.05, 4.69) is 37.6 Å². The van der Waals surface area contributed by atoms with Gasteiger partial charge in [-0.25, -0.2) is 4.98 Å². The van der Waals surface area contributed by atoms with Crippen LogP contribution < -0.4 is 15.5 Å². The average molecular weight is 453 g/mol. The van der Waals surface area contributed by atoms with Crippen molar-refractivity contribution in [3.05, 3.63) is 102 Å². The summed E-state index contributed by atoms with van der Waals surface area (Å²) in [5.41, 5.74) is 5.32. The number of carbonyl (C=O) groups excluding carboxylic acids is 1. The molecule has 4 rings (SSSR count). The Morgan fingerprint density at radius 1 is 0.941 bits per heavy atom. The first-order chi connectivity index (χ1) is 16.6. The van der Waals surface area contributed by atoms with Gasteiger partial charge < -0.3 is 15.5 Å². The van der Waals surface area contributed by atoms with Crippen LogP contribution >= 0.6 is 0 Å². The molecule has 7 heteroatoms. The summed E-state index contributed by atoms with van der Waals surface area (Å²) < 4.78 is 0. The number of benzene rings is 1. The van der Waals surface area contributed by atoms with E-state index in [0.717, 1.165) is 34.6 Å². The van der Waals surface area contributed by atoms with Gasteiger partial charge in [-0.05, 0) is 48.0 Å². The lowest BCUT2D eigenvalue weighted by atomic mass is 10.1. The first-order valence-electron chi connectivity index (χ1n) is 11.2. The molecule has 1 aromatic carbocycles. The highest BCUT2D eigenvalue weighted by molar-refractivity contribution is 5.99. The number of aromatic nitrogens is 3. The first kappa shape index (κ1) is 22.9. The summed E-state index contributed by atoms with van der Waals surface area (Å²) in [7, 11) is 4.02. The molecular weight excluding hydrogens is 424 g/mol. The Hall–Kier alpha value is -4.26. The SMILES string of the molecule is CN(C)c1ccc(-c2ccc(C(=O)NCc3cccnc3)c(NCCc3ccccn3)n2)cc1. The van der Waals surface area contributed by atoms with Crippen LogP contribution in [0.3, 0.4) is 0 Å². The van der Waals surface area contributed by atoms with Gasteiger partial charge in [-0.1, -0.05) is 24.3 Å². The van der Waals surface area contributed by atoms with Crippen molar-refractivity contribution in [3.63, 3.8) is 0 Å². The average Bonchev–Trinajstić information content (AvgIpc) is 2.88. The number of amides is 1. The zero-order chi connectivity index (χ0) is 23.8. The Balaban J connectivity index is 1.55. The van der Waals surface area contributed by atoms with E-state index >= 15 is 0 Å². The standard InChI is InChI=1S/C27H28N6O/c1-33(2)23-10-8-21(9-11-23)25-13-12-24(27(34)31-19-20-6-5-15-28-18-20)26(32-25)30-17-14-22-7-3-4-16-29-22/h3-13,15-16,18H,14,17,19H2,1-2H3,(H,30,32)(H,31,34). The van der Waals surface area contributed by atoms with Gasteiger partial charge in [-0.2, -0.15) is 0 Å². The Kier molecular flexibility index (Phi) is 7.45. The van der Waals surface area contributed by atoms with E-state index in [1.165, 1.54) is 0 Å². The summed E-state index contributed by atoms with van der Waals surface area (Å²) in [5.74, 6) is 0.361.